The molecule has 0 spiro atoms. The van der Waals surface area contributed by atoms with E-state index in [0.29, 0.717) is 31.6 Å². The van der Waals surface area contributed by atoms with Crippen LogP contribution in [0, 0.1) is 23.1 Å². The number of carbonyl (C=O) groups is 1. The Morgan fingerprint density at radius 1 is 1.05 bits per heavy atom. The molecule has 1 N–H and O–H groups in total. The summed E-state index contributed by atoms with van der Waals surface area (Å²) in [5, 5.41) is 17.5. The summed E-state index contributed by atoms with van der Waals surface area (Å²) in [4.78, 5) is 15.5. The second kappa shape index (κ2) is 10.4. The van der Waals surface area contributed by atoms with E-state index < -0.39 is 15.4 Å². The molecule has 1 aliphatic heterocycles. The number of nitrogens with one attached hydrogen (secondary N) is 1. The Bertz CT molecular complexity index is 1560. The third-order valence-electron chi connectivity index (χ3n) is 8.48. The second-order valence-electron chi connectivity index (χ2n) is 11.2. The lowest BCUT2D eigenvalue weighted by Crippen LogP contribution is -2.42. The predicted octanol–water partition coefficient (Wildman–Crippen LogP) is 4.36. The van der Waals surface area contributed by atoms with Crippen LogP contribution in [0.15, 0.2) is 54.7 Å². The number of aromatic nitrogens is 2. The van der Waals surface area contributed by atoms with Crippen LogP contribution in [0.25, 0.3) is 16.8 Å². The average Bonchev–Trinajstić information content (AvgIpc) is 3.59. The Hall–Kier alpha value is -3.71. The smallest absolute Gasteiger partial charge is 0.225 e. The number of amides is 1. The summed E-state index contributed by atoms with van der Waals surface area (Å²) in [6, 6.07) is 16.5. The monoisotopic (exact) mass is 561 g/mol. The van der Waals surface area contributed by atoms with E-state index in [4.69, 9.17) is 5.10 Å². The minimum Gasteiger partial charge on any atom is -0.369 e. The van der Waals surface area contributed by atoms with Gasteiger partial charge in [-0.2, -0.15) is 10.4 Å². The Balaban J connectivity index is 1.35. The molecule has 2 aliphatic carbocycles. The fourth-order valence-electron chi connectivity index (χ4n) is 5.95. The quantitative estimate of drug-likeness (QED) is 0.479. The van der Waals surface area contributed by atoms with Crippen molar-refractivity contribution in [3.05, 3.63) is 66.2 Å². The zero-order chi connectivity index (χ0) is 27.9. The summed E-state index contributed by atoms with van der Waals surface area (Å²) in [6.45, 7) is 0.932. The SMILES string of the molecule is N#CC1(NC(=O)C2CCCCC2c2nn(-c3cccc(F)c3)cc2-c2ccc(N3CCS(=O)(=O)CC3)cc2)CC1. The number of nitrogens with zero attached hydrogens (tertiary/aromatic N) is 4. The van der Waals surface area contributed by atoms with Crippen molar-refractivity contribution in [3.8, 4) is 22.9 Å². The largest absolute Gasteiger partial charge is 0.369 e. The third-order valence-corrected chi connectivity index (χ3v) is 10.1. The molecule has 1 saturated heterocycles. The van der Waals surface area contributed by atoms with Gasteiger partial charge in [-0.25, -0.2) is 17.5 Å². The molecule has 2 aromatic carbocycles. The second-order valence-corrected chi connectivity index (χ2v) is 13.5. The van der Waals surface area contributed by atoms with Gasteiger partial charge in [-0.15, -0.1) is 0 Å². The summed E-state index contributed by atoms with van der Waals surface area (Å²) in [5.41, 5.74) is 3.42. The van der Waals surface area contributed by atoms with Crippen molar-refractivity contribution in [1.29, 1.82) is 5.26 Å². The van der Waals surface area contributed by atoms with Crippen LogP contribution in [0.5, 0.6) is 0 Å². The van der Waals surface area contributed by atoms with Crippen LogP contribution in [0.1, 0.15) is 50.1 Å². The first-order valence-electron chi connectivity index (χ1n) is 13.9. The minimum atomic E-state index is -2.97. The van der Waals surface area contributed by atoms with Gasteiger partial charge in [-0.05, 0) is 61.6 Å². The van der Waals surface area contributed by atoms with E-state index in [2.05, 4.69) is 16.3 Å². The lowest BCUT2D eigenvalue weighted by Gasteiger charge is -2.31. The molecule has 0 radical (unpaired) electrons. The zero-order valence-electron chi connectivity index (χ0n) is 22.2. The number of hydrogen-bond acceptors (Lipinski definition) is 6. The fraction of sp³-hybridized carbons (Fsp3) is 0.433. The number of rotatable bonds is 6. The number of nitriles is 1. The summed E-state index contributed by atoms with van der Waals surface area (Å²) in [6.07, 6.45) is 6.69. The highest BCUT2D eigenvalue weighted by atomic mass is 32.2. The molecule has 2 unspecified atom stereocenters. The Morgan fingerprint density at radius 2 is 1.77 bits per heavy atom. The van der Waals surface area contributed by atoms with Crippen molar-refractivity contribution >= 4 is 21.4 Å². The van der Waals surface area contributed by atoms with Crippen LogP contribution < -0.4 is 10.2 Å². The molecule has 10 heteroatoms. The molecule has 2 atom stereocenters. The van der Waals surface area contributed by atoms with E-state index in [0.717, 1.165) is 48.2 Å². The van der Waals surface area contributed by atoms with E-state index in [9.17, 15) is 22.9 Å². The van der Waals surface area contributed by atoms with Gasteiger partial charge in [-0.1, -0.05) is 31.0 Å². The van der Waals surface area contributed by atoms with Gasteiger partial charge in [0.25, 0.3) is 0 Å². The maximum Gasteiger partial charge on any atom is 0.225 e. The maximum atomic E-state index is 14.1. The van der Waals surface area contributed by atoms with Crippen molar-refractivity contribution in [3.63, 3.8) is 0 Å². The van der Waals surface area contributed by atoms with Crippen molar-refractivity contribution in [1.82, 2.24) is 15.1 Å². The number of anilines is 1. The molecular formula is C30H32FN5O3S. The molecule has 3 fully saturated rings. The first-order valence-corrected chi connectivity index (χ1v) is 15.7. The highest BCUT2D eigenvalue weighted by Gasteiger charge is 2.47. The minimum absolute atomic E-state index is 0.0922. The molecule has 208 valence electrons. The molecule has 8 nitrogen and oxygen atoms in total. The summed E-state index contributed by atoms with van der Waals surface area (Å²) < 4.78 is 39.5. The van der Waals surface area contributed by atoms with Crippen molar-refractivity contribution < 1.29 is 17.6 Å². The number of halogens is 1. The molecular weight excluding hydrogens is 529 g/mol. The summed E-state index contributed by atoms with van der Waals surface area (Å²) >= 11 is 0. The van der Waals surface area contributed by atoms with E-state index in [1.807, 2.05) is 30.5 Å². The number of sulfone groups is 1. The first-order chi connectivity index (χ1) is 19.3. The van der Waals surface area contributed by atoms with Crippen LogP contribution in [0.4, 0.5) is 10.1 Å². The maximum absolute atomic E-state index is 14.1. The zero-order valence-corrected chi connectivity index (χ0v) is 23.0. The molecule has 0 bridgehead atoms. The highest BCUT2D eigenvalue weighted by molar-refractivity contribution is 7.91. The molecule has 6 rings (SSSR count). The topological polar surface area (TPSA) is 108 Å². The predicted molar refractivity (Wildman–Crippen MR) is 150 cm³/mol. The van der Waals surface area contributed by atoms with E-state index in [1.165, 1.54) is 12.1 Å². The van der Waals surface area contributed by atoms with Gasteiger partial charge in [-0.3, -0.25) is 4.79 Å². The van der Waals surface area contributed by atoms with E-state index in [-0.39, 0.29) is 35.1 Å². The van der Waals surface area contributed by atoms with Gasteiger partial charge in [0.1, 0.15) is 11.4 Å². The van der Waals surface area contributed by atoms with Crippen molar-refractivity contribution in [2.75, 3.05) is 29.5 Å². The molecule has 3 aromatic rings. The molecule has 40 heavy (non-hydrogen) atoms. The normalized spacial score (nSPS) is 23.2. The van der Waals surface area contributed by atoms with Gasteiger partial charge in [0.2, 0.25) is 5.91 Å². The van der Waals surface area contributed by atoms with Gasteiger partial charge < -0.3 is 10.2 Å². The van der Waals surface area contributed by atoms with Crippen molar-refractivity contribution in [2.45, 2.75) is 50.0 Å². The molecule has 3 aliphatic rings. The molecule has 2 heterocycles. The van der Waals surface area contributed by atoms with Gasteiger partial charge in [0.05, 0.1) is 29.0 Å². The molecule has 1 amide bonds. The van der Waals surface area contributed by atoms with E-state index >= 15 is 0 Å². The van der Waals surface area contributed by atoms with Crippen molar-refractivity contribution in [2.24, 2.45) is 5.92 Å². The van der Waals surface area contributed by atoms with Gasteiger partial charge in [0.15, 0.2) is 9.84 Å². The number of hydrogen-bond donors (Lipinski definition) is 1. The van der Waals surface area contributed by atoms with Crippen LogP contribution in [0.2, 0.25) is 0 Å². The van der Waals surface area contributed by atoms with Gasteiger partial charge >= 0.3 is 0 Å². The van der Waals surface area contributed by atoms with Crippen LogP contribution in [-0.4, -0.2) is 54.2 Å². The van der Waals surface area contributed by atoms with Crippen LogP contribution in [0.3, 0.4) is 0 Å². The summed E-state index contributed by atoms with van der Waals surface area (Å²) in [7, 11) is -2.97. The Morgan fingerprint density at radius 3 is 2.45 bits per heavy atom. The fourth-order valence-corrected chi connectivity index (χ4v) is 7.15. The Kier molecular flexibility index (Phi) is 6.87. The first kappa shape index (κ1) is 26.5. The van der Waals surface area contributed by atoms with Crippen LogP contribution >= 0.6 is 0 Å². The van der Waals surface area contributed by atoms with Gasteiger partial charge in [0, 0.05) is 42.4 Å². The lowest BCUT2D eigenvalue weighted by atomic mass is 9.75. The number of carbonyl (C=O) groups excluding carboxylic acids is 1. The molecule has 2 saturated carbocycles. The number of benzene rings is 2. The Labute approximate surface area is 233 Å². The lowest BCUT2D eigenvalue weighted by molar-refractivity contribution is -0.127. The van der Waals surface area contributed by atoms with Crippen LogP contribution in [-0.2, 0) is 14.6 Å². The highest BCUT2D eigenvalue weighted by Crippen LogP contribution is 2.43. The average molecular weight is 562 g/mol. The molecule has 1 aromatic heterocycles. The standard InChI is InChI=1S/C30H32FN5O3S/c31-22-4-3-5-24(18-22)36-19-27(21-8-10-23(11-9-21)35-14-16-40(38,39)17-15-35)28(34-36)25-6-1-2-7-26(25)29(37)33-30(20-32)12-13-30/h3-5,8-11,18-19,25-26H,1-2,6-7,12-17H2,(H,33,37). The summed E-state index contributed by atoms with van der Waals surface area (Å²) in [5.74, 6) is -0.589. The van der Waals surface area contributed by atoms with E-state index in [1.54, 1.807) is 16.8 Å². The third kappa shape index (κ3) is 5.35.